The molecule has 0 unspecified atom stereocenters. The van der Waals surface area contributed by atoms with Gasteiger partial charge in [0.1, 0.15) is 39.8 Å². The Bertz CT molecular complexity index is 2320. The molecule has 0 radical (unpaired) electrons. The SMILES string of the molecule is COc1cc(C(C)(C)C)c2op(Oc3c(-c4cc(C)cc(C(C)(C)C)c4OC(=O)OC(C)(C)C)cc(C)cc3C(C)(C)C)oc3c(C(C)(C)C)cc(OC)cc3c2c1. The van der Waals surface area contributed by atoms with E-state index < -0.39 is 25.4 Å². The number of benzene rings is 4. The molecular formula is C49H65O8P. The van der Waals surface area contributed by atoms with Gasteiger partial charge in [0, 0.05) is 44.2 Å². The van der Waals surface area contributed by atoms with Crippen molar-refractivity contribution in [2.45, 2.75) is 145 Å². The van der Waals surface area contributed by atoms with E-state index in [9.17, 15) is 4.79 Å². The van der Waals surface area contributed by atoms with Crippen LogP contribution in [0.2, 0.25) is 0 Å². The van der Waals surface area contributed by atoms with Gasteiger partial charge in [0.05, 0.1) is 14.2 Å². The van der Waals surface area contributed by atoms with Crippen LogP contribution in [0.15, 0.2) is 56.9 Å². The van der Waals surface area contributed by atoms with Crippen LogP contribution in [0.5, 0.6) is 23.0 Å². The van der Waals surface area contributed by atoms with E-state index >= 15 is 0 Å². The first-order valence-electron chi connectivity index (χ1n) is 20.0. The van der Waals surface area contributed by atoms with E-state index in [1.54, 1.807) is 14.2 Å². The van der Waals surface area contributed by atoms with Crippen LogP contribution in [0.1, 0.15) is 137 Å². The smallest absolute Gasteiger partial charge is 0.497 e. The second kappa shape index (κ2) is 15.6. The minimum absolute atomic E-state index is 0.347. The first-order chi connectivity index (χ1) is 26.5. The average Bonchev–Trinajstić information content (AvgIpc) is 3.21. The largest absolute Gasteiger partial charge is 0.514 e. The standard InChI is InChI=1S/C49H65O8P/c1-28-20-32(40(36(22-28)45(3,4)5)53-44(50)54-49(15,16)17)33-21-29(2)23-37(46(6,7)8)41(33)55-58-56-42-34(24-30(51-18)26-38(42)47(9,10)11)35-25-31(52-19)27-39(43(35)57-58)48(12,13)14/h20-27H,1-19H3. The molecule has 5 aromatic rings. The van der Waals surface area contributed by atoms with Crippen molar-refractivity contribution < 1.29 is 36.7 Å². The summed E-state index contributed by atoms with van der Waals surface area (Å²) in [6.45, 7) is 35.3. The molecule has 0 saturated heterocycles. The predicted octanol–water partition coefficient (Wildman–Crippen LogP) is 14.9. The minimum Gasteiger partial charge on any atom is -0.497 e. The predicted molar refractivity (Wildman–Crippen MR) is 238 cm³/mol. The number of fused-ring (bicyclic) bond motifs is 3. The highest BCUT2D eigenvalue weighted by atomic mass is 31.1. The molecular weight excluding hydrogens is 748 g/mol. The maximum Gasteiger partial charge on any atom is 0.514 e. The average molecular weight is 813 g/mol. The molecule has 0 saturated carbocycles. The van der Waals surface area contributed by atoms with Crippen molar-refractivity contribution in [2.75, 3.05) is 14.2 Å². The van der Waals surface area contributed by atoms with E-state index in [4.69, 9.17) is 31.9 Å². The van der Waals surface area contributed by atoms with Crippen molar-refractivity contribution in [3.63, 3.8) is 0 Å². The van der Waals surface area contributed by atoms with Gasteiger partial charge in [-0.3, -0.25) is 0 Å². The lowest BCUT2D eigenvalue weighted by Gasteiger charge is -2.28. The third-order valence-electron chi connectivity index (χ3n) is 9.95. The second-order valence-corrected chi connectivity index (χ2v) is 21.5. The van der Waals surface area contributed by atoms with Crippen LogP contribution in [0.3, 0.4) is 0 Å². The Morgan fingerprint density at radius 2 is 0.897 bits per heavy atom. The van der Waals surface area contributed by atoms with Gasteiger partial charge in [-0.15, -0.1) is 0 Å². The van der Waals surface area contributed by atoms with E-state index in [0.717, 1.165) is 49.7 Å². The van der Waals surface area contributed by atoms with Gasteiger partial charge in [-0.2, -0.15) is 0 Å². The normalized spacial score (nSPS) is 12.8. The van der Waals surface area contributed by atoms with E-state index in [-0.39, 0.29) is 16.2 Å². The molecule has 4 aromatic carbocycles. The van der Waals surface area contributed by atoms with Crippen LogP contribution >= 0.6 is 8.24 Å². The molecule has 8 nitrogen and oxygen atoms in total. The summed E-state index contributed by atoms with van der Waals surface area (Å²) in [5.74, 6) is 2.39. The Morgan fingerprint density at radius 3 is 1.26 bits per heavy atom. The number of hydrogen-bond acceptors (Lipinski definition) is 8. The van der Waals surface area contributed by atoms with Gasteiger partial charge in [-0.05, 0) is 104 Å². The number of methoxy groups -OCH3 is 2. The lowest BCUT2D eigenvalue weighted by Crippen LogP contribution is -2.27. The molecule has 0 spiro atoms. The fourth-order valence-corrected chi connectivity index (χ4v) is 8.20. The molecule has 0 aliphatic rings. The molecule has 314 valence electrons. The maximum atomic E-state index is 13.5. The van der Waals surface area contributed by atoms with Crippen LogP contribution in [0, 0.1) is 13.8 Å². The summed E-state index contributed by atoms with van der Waals surface area (Å²) in [6, 6.07) is 16.4. The number of rotatable bonds is 6. The Morgan fingerprint density at radius 1 is 0.517 bits per heavy atom. The molecule has 1 heterocycles. The summed E-state index contributed by atoms with van der Waals surface area (Å²) in [5, 5.41) is 1.64. The van der Waals surface area contributed by atoms with Gasteiger partial charge < -0.3 is 31.9 Å². The first-order valence-corrected chi connectivity index (χ1v) is 21.1. The number of carbonyl (C=O) groups is 1. The second-order valence-electron chi connectivity index (χ2n) is 20.5. The summed E-state index contributed by atoms with van der Waals surface area (Å²) >= 11 is 0. The Kier molecular flexibility index (Phi) is 12.0. The summed E-state index contributed by atoms with van der Waals surface area (Å²) < 4.78 is 45.3. The van der Waals surface area contributed by atoms with Gasteiger partial charge in [0.15, 0.2) is 0 Å². The van der Waals surface area contributed by atoms with Gasteiger partial charge in [0.25, 0.3) is 0 Å². The fraction of sp³-hybridized carbons (Fsp3) is 0.490. The Labute approximate surface area is 347 Å². The lowest BCUT2D eigenvalue weighted by atomic mass is 9.80. The molecule has 58 heavy (non-hydrogen) atoms. The monoisotopic (exact) mass is 812 g/mol. The Balaban J connectivity index is 1.99. The highest BCUT2D eigenvalue weighted by Crippen LogP contribution is 2.52. The van der Waals surface area contributed by atoms with Gasteiger partial charge in [0.2, 0.25) is 0 Å². The molecule has 0 amide bonds. The lowest BCUT2D eigenvalue weighted by molar-refractivity contribution is 0.0204. The van der Waals surface area contributed by atoms with Crippen molar-refractivity contribution in [3.05, 3.63) is 81.9 Å². The van der Waals surface area contributed by atoms with E-state index in [2.05, 4.69) is 115 Å². The van der Waals surface area contributed by atoms with Gasteiger partial charge >= 0.3 is 14.4 Å². The van der Waals surface area contributed by atoms with Crippen LogP contribution in [-0.4, -0.2) is 26.0 Å². The molecule has 1 aromatic heterocycles. The zero-order valence-corrected chi connectivity index (χ0v) is 39.2. The summed E-state index contributed by atoms with van der Waals surface area (Å²) in [5.41, 5.74) is 6.23. The van der Waals surface area contributed by atoms with Crippen LogP contribution in [0.25, 0.3) is 33.1 Å². The highest BCUT2D eigenvalue weighted by molar-refractivity contribution is 7.32. The minimum atomic E-state index is -2.18. The number of hydrogen-bond donors (Lipinski definition) is 0. The van der Waals surface area contributed by atoms with Crippen molar-refractivity contribution in [2.24, 2.45) is 0 Å². The third-order valence-corrected chi connectivity index (χ3v) is 10.9. The van der Waals surface area contributed by atoms with Crippen LogP contribution in [0.4, 0.5) is 4.79 Å². The maximum absolute atomic E-state index is 13.5. The van der Waals surface area contributed by atoms with Gasteiger partial charge in [-0.1, -0.05) is 95.2 Å². The molecule has 0 atom stereocenters. The van der Waals surface area contributed by atoms with E-state index in [0.29, 0.717) is 39.7 Å². The molecule has 5 rings (SSSR count). The molecule has 0 bridgehead atoms. The van der Waals surface area contributed by atoms with Crippen molar-refractivity contribution in [3.8, 4) is 34.1 Å². The molecule has 0 fully saturated rings. The van der Waals surface area contributed by atoms with E-state index in [1.165, 1.54) is 0 Å². The molecule has 9 heteroatoms. The fourth-order valence-electron chi connectivity index (χ4n) is 7.05. The summed E-state index contributed by atoms with van der Waals surface area (Å²) in [4.78, 5) is 13.5. The zero-order valence-electron chi connectivity index (χ0n) is 38.3. The molecule has 0 N–H and O–H groups in total. The summed E-state index contributed by atoms with van der Waals surface area (Å²) in [6.07, 6.45) is -0.780. The van der Waals surface area contributed by atoms with Crippen molar-refractivity contribution in [1.29, 1.82) is 0 Å². The number of ether oxygens (including phenoxy) is 4. The van der Waals surface area contributed by atoms with E-state index in [1.807, 2.05) is 51.1 Å². The highest BCUT2D eigenvalue weighted by Gasteiger charge is 2.32. The molecule has 0 aliphatic heterocycles. The van der Waals surface area contributed by atoms with Crippen LogP contribution < -0.4 is 18.7 Å². The number of aryl methyl sites for hydroxylation is 2. The molecule has 0 aliphatic carbocycles. The van der Waals surface area contributed by atoms with Gasteiger partial charge in [-0.25, -0.2) is 4.79 Å². The quantitative estimate of drug-likeness (QED) is 0.124. The number of carbonyl (C=O) groups excluding carboxylic acids is 1. The van der Waals surface area contributed by atoms with Crippen molar-refractivity contribution >= 4 is 36.3 Å². The summed E-state index contributed by atoms with van der Waals surface area (Å²) in [7, 11) is 1.17. The van der Waals surface area contributed by atoms with Crippen LogP contribution in [-0.2, 0) is 26.4 Å². The first kappa shape index (κ1) is 44.6. The third kappa shape index (κ3) is 9.66. The topological polar surface area (TPSA) is 89.5 Å². The Hall–Kier alpha value is -4.55. The zero-order chi connectivity index (χ0) is 43.5. The van der Waals surface area contributed by atoms with Crippen molar-refractivity contribution in [1.82, 2.24) is 0 Å².